The van der Waals surface area contributed by atoms with E-state index in [9.17, 15) is 4.79 Å². The van der Waals surface area contributed by atoms with E-state index < -0.39 is 0 Å². The van der Waals surface area contributed by atoms with Crippen LogP contribution in [-0.4, -0.2) is 19.7 Å². The van der Waals surface area contributed by atoms with Crippen molar-refractivity contribution in [2.24, 2.45) is 7.05 Å². The zero-order valence-electron chi connectivity index (χ0n) is 9.16. The fourth-order valence-electron chi connectivity index (χ4n) is 1.76. The van der Waals surface area contributed by atoms with Gasteiger partial charge in [0.05, 0.1) is 5.69 Å². The van der Waals surface area contributed by atoms with E-state index in [-0.39, 0.29) is 5.56 Å². The van der Waals surface area contributed by atoms with Gasteiger partial charge in [0.25, 0.3) is 5.56 Å². The molecule has 0 bridgehead atoms. The van der Waals surface area contributed by atoms with Crippen LogP contribution in [0.2, 0.25) is 0 Å². The van der Waals surface area contributed by atoms with Gasteiger partial charge < -0.3 is 4.98 Å². The van der Waals surface area contributed by atoms with Crippen LogP contribution in [0.25, 0.3) is 11.0 Å². The Hall–Kier alpha value is -1.65. The van der Waals surface area contributed by atoms with Crippen LogP contribution in [0.3, 0.4) is 0 Å². The molecule has 2 heterocycles. The van der Waals surface area contributed by atoms with Crippen molar-refractivity contribution in [1.29, 1.82) is 0 Å². The number of hydrogen-bond donors (Lipinski definition) is 1. The standard InChI is InChI=1S/C10H14N4O/c1-4-5-7-8-9(14(3)13-7)10(15)12-6(2)11-8/h4-5H2,1-3H3,(H,11,12,15). The minimum absolute atomic E-state index is 0.116. The molecule has 2 aromatic rings. The predicted molar refractivity (Wildman–Crippen MR) is 57.9 cm³/mol. The van der Waals surface area contributed by atoms with Crippen molar-refractivity contribution in [3.05, 3.63) is 21.9 Å². The third-order valence-corrected chi connectivity index (χ3v) is 2.37. The van der Waals surface area contributed by atoms with E-state index in [1.54, 1.807) is 18.7 Å². The zero-order valence-corrected chi connectivity index (χ0v) is 9.16. The molecule has 5 nitrogen and oxygen atoms in total. The third-order valence-electron chi connectivity index (χ3n) is 2.37. The second kappa shape index (κ2) is 3.49. The number of nitrogens with one attached hydrogen (secondary N) is 1. The van der Waals surface area contributed by atoms with Crippen molar-refractivity contribution in [1.82, 2.24) is 19.7 Å². The average Bonchev–Trinajstić information content (AvgIpc) is 2.43. The van der Waals surface area contributed by atoms with Gasteiger partial charge in [-0.1, -0.05) is 13.3 Å². The molecule has 0 radical (unpaired) electrons. The topological polar surface area (TPSA) is 63.6 Å². The van der Waals surface area contributed by atoms with E-state index in [1.807, 2.05) is 0 Å². The minimum atomic E-state index is -0.116. The SMILES string of the molecule is CCCc1nn(C)c2c(=O)[nH]c(C)nc12. The summed E-state index contributed by atoms with van der Waals surface area (Å²) in [6.45, 7) is 3.87. The van der Waals surface area contributed by atoms with E-state index in [2.05, 4.69) is 22.0 Å². The summed E-state index contributed by atoms with van der Waals surface area (Å²) in [4.78, 5) is 18.7. The molecule has 5 heteroatoms. The van der Waals surface area contributed by atoms with Crippen molar-refractivity contribution in [3.8, 4) is 0 Å². The number of H-pyrrole nitrogens is 1. The molecule has 15 heavy (non-hydrogen) atoms. The second-order valence-corrected chi connectivity index (χ2v) is 3.67. The van der Waals surface area contributed by atoms with Crippen molar-refractivity contribution in [2.75, 3.05) is 0 Å². The molecule has 0 saturated carbocycles. The first-order valence-electron chi connectivity index (χ1n) is 5.06. The first-order valence-corrected chi connectivity index (χ1v) is 5.06. The molecule has 0 aromatic carbocycles. The van der Waals surface area contributed by atoms with Gasteiger partial charge in [-0.2, -0.15) is 5.10 Å². The normalized spacial score (nSPS) is 11.1. The first kappa shape index (κ1) is 9.89. The van der Waals surface area contributed by atoms with Gasteiger partial charge in [-0.15, -0.1) is 0 Å². The Labute approximate surface area is 87.1 Å². The molecule has 0 fully saturated rings. The predicted octanol–water partition coefficient (Wildman–Crippen LogP) is 0.918. The largest absolute Gasteiger partial charge is 0.309 e. The van der Waals surface area contributed by atoms with Gasteiger partial charge in [0.1, 0.15) is 11.3 Å². The Kier molecular flexibility index (Phi) is 2.30. The highest BCUT2D eigenvalue weighted by Crippen LogP contribution is 2.13. The fraction of sp³-hybridized carbons (Fsp3) is 0.500. The van der Waals surface area contributed by atoms with Gasteiger partial charge in [0.2, 0.25) is 0 Å². The minimum Gasteiger partial charge on any atom is -0.309 e. The number of fused-ring (bicyclic) bond motifs is 1. The molecular formula is C10H14N4O. The summed E-state index contributed by atoms with van der Waals surface area (Å²) in [5.74, 6) is 0.637. The lowest BCUT2D eigenvalue weighted by atomic mass is 10.2. The van der Waals surface area contributed by atoms with E-state index in [1.165, 1.54) is 0 Å². The van der Waals surface area contributed by atoms with Crippen molar-refractivity contribution in [2.45, 2.75) is 26.7 Å². The number of aromatic nitrogens is 4. The summed E-state index contributed by atoms with van der Waals surface area (Å²) >= 11 is 0. The molecule has 0 amide bonds. The summed E-state index contributed by atoms with van der Waals surface area (Å²) < 4.78 is 1.60. The van der Waals surface area contributed by atoms with Gasteiger partial charge >= 0.3 is 0 Å². The Morgan fingerprint density at radius 3 is 2.87 bits per heavy atom. The first-order chi connectivity index (χ1) is 7.13. The maximum atomic E-state index is 11.7. The number of hydrogen-bond acceptors (Lipinski definition) is 3. The molecule has 0 spiro atoms. The molecule has 2 rings (SSSR count). The lowest BCUT2D eigenvalue weighted by molar-refractivity contribution is 0.750. The average molecular weight is 206 g/mol. The van der Waals surface area contributed by atoms with Crippen molar-refractivity contribution < 1.29 is 0 Å². The lowest BCUT2D eigenvalue weighted by Gasteiger charge is -1.95. The van der Waals surface area contributed by atoms with E-state index in [4.69, 9.17) is 0 Å². The summed E-state index contributed by atoms with van der Waals surface area (Å²) in [7, 11) is 1.77. The maximum Gasteiger partial charge on any atom is 0.277 e. The second-order valence-electron chi connectivity index (χ2n) is 3.67. The van der Waals surface area contributed by atoms with Gasteiger partial charge in [-0.25, -0.2) is 4.98 Å². The van der Waals surface area contributed by atoms with Gasteiger partial charge in [0.15, 0.2) is 5.52 Å². The Bertz CT molecular complexity index is 552. The molecular weight excluding hydrogens is 192 g/mol. The highest BCUT2D eigenvalue weighted by atomic mass is 16.1. The summed E-state index contributed by atoms with van der Waals surface area (Å²) in [6.07, 6.45) is 1.85. The van der Waals surface area contributed by atoms with Crippen LogP contribution in [0.5, 0.6) is 0 Å². The lowest BCUT2D eigenvalue weighted by Crippen LogP contribution is -2.12. The van der Waals surface area contributed by atoms with Gasteiger partial charge in [-0.3, -0.25) is 9.48 Å². The summed E-state index contributed by atoms with van der Waals surface area (Å²) in [6, 6.07) is 0. The van der Waals surface area contributed by atoms with Crippen LogP contribution in [-0.2, 0) is 13.5 Å². The molecule has 2 aromatic heterocycles. The number of nitrogens with zero attached hydrogens (tertiary/aromatic N) is 3. The fourth-order valence-corrected chi connectivity index (χ4v) is 1.76. The molecule has 0 aliphatic carbocycles. The van der Waals surface area contributed by atoms with Gasteiger partial charge in [-0.05, 0) is 13.3 Å². The maximum absolute atomic E-state index is 11.7. The molecule has 0 unspecified atom stereocenters. The molecule has 0 saturated heterocycles. The van der Waals surface area contributed by atoms with Crippen LogP contribution in [0.15, 0.2) is 4.79 Å². The zero-order chi connectivity index (χ0) is 11.0. The van der Waals surface area contributed by atoms with E-state index >= 15 is 0 Å². The Morgan fingerprint density at radius 2 is 2.20 bits per heavy atom. The molecule has 80 valence electrons. The van der Waals surface area contributed by atoms with Gasteiger partial charge in [0, 0.05) is 7.05 Å². The Balaban J connectivity index is 2.81. The van der Waals surface area contributed by atoms with Crippen molar-refractivity contribution >= 4 is 11.0 Å². The molecule has 0 aliphatic heterocycles. The third kappa shape index (κ3) is 1.54. The number of aromatic amines is 1. The van der Waals surface area contributed by atoms with E-state index in [0.29, 0.717) is 11.3 Å². The smallest absolute Gasteiger partial charge is 0.277 e. The molecule has 1 N–H and O–H groups in total. The highest BCUT2D eigenvalue weighted by molar-refractivity contribution is 5.76. The number of rotatable bonds is 2. The van der Waals surface area contributed by atoms with Crippen LogP contribution in [0.1, 0.15) is 24.9 Å². The number of aryl methyl sites for hydroxylation is 3. The van der Waals surface area contributed by atoms with E-state index in [0.717, 1.165) is 24.1 Å². The molecule has 0 aliphatic rings. The highest BCUT2D eigenvalue weighted by Gasteiger charge is 2.12. The van der Waals surface area contributed by atoms with Crippen LogP contribution >= 0.6 is 0 Å². The Morgan fingerprint density at radius 1 is 1.47 bits per heavy atom. The van der Waals surface area contributed by atoms with Crippen LogP contribution in [0, 0.1) is 6.92 Å². The summed E-state index contributed by atoms with van der Waals surface area (Å²) in [5, 5.41) is 4.32. The van der Waals surface area contributed by atoms with Crippen LogP contribution in [0.4, 0.5) is 0 Å². The van der Waals surface area contributed by atoms with Crippen molar-refractivity contribution in [3.63, 3.8) is 0 Å². The quantitative estimate of drug-likeness (QED) is 0.794. The summed E-state index contributed by atoms with van der Waals surface area (Å²) in [5.41, 5.74) is 2.09. The monoisotopic (exact) mass is 206 g/mol. The molecule has 0 atom stereocenters. The van der Waals surface area contributed by atoms with Crippen LogP contribution < -0.4 is 5.56 Å².